The molecule has 66 valence electrons. The maximum absolute atomic E-state index is 11.1. The third-order valence-electron chi connectivity index (χ3n) is 1.65. The van der Waals surface area contributed by atoms with Gasteiger partial charge in [0.25, 0.3) is 0 Å². The number of Topliss-reactive ketones (excluding diaryl/α,β-unsaturated/α-hetero) is 1. The van der Waals surface area contributed by atoms with E-state index in [2.05, 4.69) is 4.74 Å². The van der Waals surface area contributed by atoms with E-state index in [0.717, 1.165) is 0 Å². The van der Waals surface area contributed by atoms with Crippen LogP contribution in [0.1, 0.15) is 13.3 Å². The molecule has 1 aliphatic rings. The lowest BCUT2D eigenvalue weighted by atomic mass is 10.1. The number of hydrogen-bond acceptors (Lipinski definition) is 4. The number of carbonyl (C=O) groups is 2. The van der Waals surface area contributed by atoms with Gasteiger partial charge in [-0.05, 0) is 0 Å². The number of allylic oxidation sites excluding steroid dienone is 1. The largest absolute Gasteiger partial charge is 0.489 e. The summed E-state index contributed by atoms with van der Waals surface area (Å²) in [4.78, 5) is 22.1. The van der Waals surface area contributed by atoms with Gasteiger partial charge in [-0.1, -0.05) is 6.92 Å². The zero-order valence-corrected chi connectivity index (χ0v) is 7.05. The molecule has 1 aliphatic heterocycles. The summed E-state index contributed by atoms with van der Waals surface area (Å²) in [6, 6.07) is 0. The molecular formula is C8H10O4. The van der Waals surface area contributed by atoms with Gasteiger partial charge in [0.05, 0.1) is 7.11 Å². The molecule has 0 aromatic carbocycles. The maximum Gasteiger partial charge on any atom is 0.345 e. The average molecular weight is 170 g/mol. The van der Waals surface area contributed by atoms with Crippen LogP contribution < -0.4 is 0 Å². The monoisotopic (exact) mass is 170 g/mol. The molecule has 1 heterocycles. The third kappa shape index (κ3) is 1.32. The lowest BCUT2D eigenvalue weighted by Crippen LogP contribution is -2.13. The summed E-state index contributed by atoms with van der Waals surface area (Å²) >= 11 is 0. The number of carbonyl (C=O) groups excluding carboxylic acids is 2. The van der Waals surface area contributed by atoms with Crippen molar-refractivity contribution in [2.45, 2.75) is 13.3 Å². The van der Waals surface area contributed by atoms with Crippen LogP contribution in [0.4, 0.5) is 0 Å². The first-order valence-corrected chi connectivity index (χ1v) is 3.68. The van der Waals surface area contributed by atoms with Crippen LogP contribution in [0.3, 0.4) is 0 Å². The summed E-state index contributed by atoms with van der Waals surface area (Å²) in [6.45, 7) is 1.78. The number of esters is 1. The molecule has 0 saturated heterocycles. The van der Waals surface area contributed by atoms with Crippen LogP contribution in [0.5, 0.6) is 0 Å². The highest BCUT2D eigenvalue weighted by molar-refractivity contribution is 6.19. The molecule has 4 nitrogen and oxygen atoms in total. The van der Waals surface area contributed by atoms with Crippen LogP contribution in [0, 0.1) is 0 Å². The highest BCUT2D eigenvalue weighted by Crippen LogP contribution is 2.19. The van der Waals surface area contributed by atoms with Crippen molar-refractivity contribution in [3.05, 3.63) is 11.3 Å². The van der Waals surface area contributed by atoms with Crippen molar-refractivity contribution >= 4 is 11.8 Å². The van der Waals surface area contributed by atoms with Gasteiger partial charge in [0, 0.05) is 6.42 Å². The molecule has 0 saturated carbocycles. The Bertz CT molecular complexity index is 252. The Hall–Kier alpha value is -1.32. The Balaban J connectivity index is 2.95. The Labute approximate surface area is 70.1 Å². The molecule has 0 fully saturated rings. The Kier molecular flexibility index (Phi) is 2.47. The first kappa shape index (κ1) is 8.77. The van der Waals surface area contributed by atoms with Crippen molar-refractivity contribution in [2.24, 2.45) is 0 Å². The second-order valence-electron chi connectivity index (χ2n) is 2.36. The van der Waals surface area contributed by atoms with E-state index in [9.17, 15) is 9.59 Å². The first-order valence-electron chi connectivity index (χ1n) is 3.68. The quantitative estimate of drug-likeness (QED) is 0.445. The molecule has 0 aromatic rings. The summed E-state index contributed by atoms with van der Waals surface area (Å²) < 4.78 is 9.42. The molecule has 0 N–H and O–H groups in total. The molecule has 12 heavy (non-hydrogen) atoms. The van der Waals surface area contributed by atoms with Gasteiger partial charge in [0.15, 0.2) is 6.61 Å². The van der Waals surface area contributed by atoms with Crippen molar-refractivity contribution in [1.82, 2.24) is 0 Å². The van der Waals surface area contributed by atoms with Gasteiger partial charge in [-0.15, -0.1) is 0 Å². The minimum atomic E-state index is -0.602. The second kappa shape index (κ2) is 3.38. The Morgan fingerprint density at radius 2 is 2.33 bits per heavy atom. The van der Waals surface area contributed by atoms with Crippen molar-refractivity contribution in [3.63, 3.8) is 0 Å². The Morgan fingerprint density at radius 3 is 2.83 bits per heavy atom. The standard InChI is InChI=1S/C8H10O4/c1-3-6-7(8(10)11-2)5(9)4-12-6/h3-4H2,1-2H3. The molecule has 0 amide bonds. The molecule has 0 unspecified atom stereocenters. The molecule has 0 aliphatic carbocycles. The Morgan fingerprint density at radius 1 is 1.67 bits per heavy atom. The lowest BCUT2D eigenvalue weighted by Gasteiger charge is -1.99. The van der Waals surface area contributed by atoms with E-state index < -0.39 is 5.97 Å². The summed E-state index contributed by atoms with van der Waals surface area (Å²) in [6.07, 6.45) is 0.538. The van der Waals surface area contributed by atoms with Crippen LogP contribution in [-0.4, -0.2) is 25.5 Å². The fourth-order valence-electron chi connectivity index (χ4n) is 1.06. The van der Waals surface area contributed by atoms with Crippen molar-refractivity contribution < 1.29 is 19.1 Å². The summed E-state index contributed by atoms with van der Waals surface area (Å²) in [5.74, 6) is -0.458. The summed E-state index contributed by atoms with van der Waals surface area (Å²) in [5.41, 5.74) is 0.0694. The van der Waals surface area contributed by atoms with Crippen LogP contribution in [-0.2, 0) is 19.1 Å². The van der Waals surface area contributed by atoms with Gasteiger partial charge in [-0.3, -0.25) is 4.79 Å². The predicted octanol–water partition coefficient (Wildman–Crippen LogP) is 0.423. The zero-order chi connectivity index (χ0) is 9.14. The summed E-state index contributed by atoms with van der Waals surface area (Å²) in [5, 5.41) is 0. The normalized spacial score (nSPS) is 16.3. The number of methoxy groups -OCH3 is 1. The average Bonchev–Trinajstić information content (AvgIpc) is 2.45. The van der Waals surface area contributed by atoms with Crippen LogP contribution in [0.2, 0.25) is 0 Å². The number of ketones is 1. The van der Waals surface area contributed by atoms with Crippen LogP contribution in [0.15, 0.2) is 11.3 Å². The van der Waals surface area contributed by atoms with E-state index in [-0.39, 0.29) is 18.0 Å². The molecule has 0 aromatic heterocycles. The van der Waals surface area contributed by atoms with E-state index in [1.54, 1.807) is 0 Å². The molecule has 0 bridgehead atoms. The molecule has 0 atom stereocenters. The molecule has 4 heteroatoms. The van der Waals surface area contributed by atoms with Crippen LogP contribution in [0.25, 0.3) is 0 Å². The molecule has 0 radical (unpaired) electrons. The van der Waals surface area contributed by atoms with Crippen LogP contribution >= 0.6 is 0 Å². The highest BCUT2D eigenvalue weighted by Gasteiger charge is 2.30. The first-order chi connectivity index (χ1) is 5.70. The lowest BCUT2D eigenvalue weighted by molar-refractivity contribution is -0.137. The number of ether oxygens (including phenoxy) is 2. The second-order valence-corrected chi connectivity index (χ2v) is 2.36. The van der Waals surface area contributed by atoms with E-state index in [4.69, 9.17) is 4.74 Å². The van der Waals surface area contributed by atoms with Crippen molar-refractivity contribution in [1.29, 1.82) is 0 Å². The topological polar surface area (TPSA) is 52.6 Å². The number of rotatable bonds is 2. The minimum absolute atomic E-state index is 0.0341. The number of hydrogen-bond donors (Lipinski definition) is 0. The third-order valence-corrected chi connectivity index (χ3v) is 1.65. The smallest absolute Gasteiger partial charge is 0.345 e. The highest BCUT2D eigenvalue weighted by atomic mass is 16.5. The van der Waals surface area contributed by atoms with Gasteiger partial charge in [0.2, 0.25) is 5.78 Å². The van der Waals surface area contributed by atoms with Gasteiger partial charge in [-0.25, -0.2) is 4.79 Å². The van der Waals surface area contributed by atoms with E-state index in [0.29, 0.717) is 12.2 Å². The van der Waals surface area contributed by atoms with Gasteiger partial charge < -0.3 is 9.47 Å². The van der Waals surface area contributed by atoms with Crippen molar-refractivity contribution in [3.8, 4) is 0 Å². The molecule has 1 rings (SSSR count). The minimum Gasteiger partial charge on any atom is -0.489 e. The van der Waals surface area contributed by atoms with Gasteiger partial charge in [-0.2, -0.15) is 0 Å². The molecule has 0 spiro atoms. The van der Waals surface area contributed by atoms with E-state index in [1.807, 2.05) is 6.92 Å². The zero-order valence-electron chi connectivity index (χ0n) is 7.05. The fraction of sp³-hybridized carbons (Fsp3) is 0.500. The molecular weight excluding hydrogens is 160 g/mol. The maximum atomic E-state index is 11.1. The SMILES string of the molecule is CCC1=C(C(=O)OC)C(=O)CO1. The van der Waals surface area contributed by atoms with Crippen molar-refractivity contribution in [2.75, 3.05) is 13.7 Å². The van der Waals surface area contributed by atoms with Gasteiger partial charge >= 0.3 is 5.97 Å². The van der Waals surface area contributed by atoms with E-state index in [1.165, 1.54) is 7.11 Å². The fourth-order valence-corrected chi connectivity index (χ4v) is 1.06. The van der Waals surface area contributed by atoms with E-state index >= 15 is 0 Å². The summed E-state index contributed by atoms with van der Waals surface area (Å²) in [7, 11) is 1.24. The predicted molar refractivity (Wildman–Crippen MR) is 40.3 cm³/mol. The van der Waals surface area contributed by atoms with Gasteiger partial charge in [0.1, 0.15) is 11.3 Å².